The van der Waals surface area contributed by atoms with Crippen molar-refractivity contribution in [3.8, 4) is 6.07 Å². The van der Waals surface area contributed by atoms with Gasteiger partial charge in [-0.2, -0.15) is 5.26 Å². The Bertz CT molecular complexity index is 840. The van der Waals surface area contributed by atoms with Crippen molar-refractivity contribution < 1.29 is 0 Å². The van der Waals surface area contributed by atoms with E-state index in [0.717, 1.165) is 16.0 Å². The minimum Gasteiger partial charge on any atom is -0.370 e. The lowest BCUT2D eigenvalue weighted by Crippen LogP contribution is -2.40. The maximum Gasteiger partial charge on any atom is 0.332 e. The summed E-state index contributed by atoms with van der Waals surface area (Å²) in [6, 6.07) is 1.87. The number of nitriles is 1. The van der Waals surface area contributed by atoms with E-state index in [1.54, 1.807) is 11.3 Å². The van der Waals surface area contributed by atoms with Crippen molar-refractivity contribution in [3.05, 3.63) is 42.5 Å². The molecule has 7 nitrogen and oxygen atoms in total. The third-order valence-corrected chi connectivity index (χ3v) is 4.56. The van der Waals surface area contributed by atoms with Gasteiger partial charge in [0, 0.05) is 38.1 Å². The Morgan fingerprint density at radius 3 is 2.68 bits per heavy atom. The molecule has 0 aliphatic carbocycles. The number of hydrogen-bond donors (Lipinski definition) is 1. The molecule has 0 amide bonds. The number of aromatic nitrogens is 3. The highest BCUT2D eigenvalue weighted by atomic mass is 32.1. The third kappa shape index (κ3) is 2.94. The van der Waals surface area contributed by atoms with E-state index in [4.69, 9.17) is 5.26 Å². The van der Waals surface area contributed by atoms with E-state index in [2.05, 4.69) is 17.2 Å². The number of thiazole rings is 1. The summed E-state index contributed by atoms with van der Waals surface area (Å²) in [5.41, 5.74) is -1.11. The normalized spacial score (nSPS) is 10.5. The number of aryl methyl sites for hydroxylation is 1. The lowest BCUT2D eigenvalue weighted by atomic mass is 10.3. The van der Waals surface area contributed by atoms with Crippen LogP contribution in [0.4, 0.5) is 5.82 Å². The first-order chi connectivity index (χ1) is 10.5. The van der Waals surface area contributed by atoms with Crippen LogP contribution >= 0.6 is 11.3 Å². The van der Waals surface area contributed by atoms with Crippen LogP contribution in [0.15, 0.2) is 15.8 Å². The van der Waals surface area contributed by atoms with Crippen molar-refractivity contribution in [1.82, 2.24) is 14.1 Å². The Balaban J connectivity index is 2.21. The SMILES string of the molecule is CCc1cnc(CCNc2c(C#N)c(=O)n(C)c(=O)n2C)s1. The van der Waals surface area contributed by atoms with Gasteiger partial charge < -0.3 is 5.32 Å². The zero-order chi connectivity index (χ0) is 16.3. The molecule has 2 aromatic heterocycles. The molecule has 22 heavy (non-hydrogen) atoms. The van der Waals surface area contributed by atoms with Crippen LogP contribution in [0.1, 0.15) is 22.4 Å². The van der Waals surface area contributed by atoms with Gasteiger partial charge in [-0.05, 0) is 6.42 Å². The summed E-state index contributed by atoms with van der Waals surface area (Å²) in [7, 11) is 2.89. The molecular formula is C14H17N5O2S. The second-order valence-electron chi connectivity index (χ2n) is 4.79. The average Bonchev–Trinajstić information content (AvgIpc) is 2.98. The molecule has 0 bridgehead atoms. The zero-order valence-electron chi connectivity index (χ0n) is 12.7. The lowest BCUT2D eigenvalue weighted by molar-refractivity contribution is 0.685. The smallest absolute Gasteiger partial charge is 0.332 e. The van der Waals surface area contributed by atoms with Crippen molar-refractivity contribution in [2.24, 2.45) is 14.1 Å². The fraction of sp³-hybridized carbons (Fsp3) is 0.429. The van der Waals surface area contributed by atoms with Gasteiger partial charge in [-0.15, -0.1) is 11.3 Å². The van der Waals surface area contributed by atoms with Gasteiger partial charge in [0.2, 0.25) is 0 Å². The van der Waals surface area contributed by atoms with Crippen LogP contribution in [-0.4, -0.2) is 20.7 Å². The Morgan fingerprint density at radius 2 is 2.09 bits per heavy atom. The molecule has 0 fully saturated rings. The standard InChI is InChI=1S/C14H17N5O2S/c1-4-9-8-17-11(22-9)5-6-16-12-10(7-15)13(20)19(3)14(21)18(12)2/h8,16H,4-6H2,1-3H3. The maximum absolute atomic E-state index is 11.9. The first kappa shape index (κ1) is 16.0. The van der Waals surface area contributed by atoms with Gasteiger partial charge in [-0.3, -0.25) is 13.9 Å². The predicted octanol–water partition coefficient (Wildman–Crippen LogP) is 0.629. The molecule has 2 heterocycles. The predicted molar refractivity (Wildman–Crippen MR) is 85.3 cm³/mol. The van der Waals surface area contributed by atoms with Crippen LogP contribution in [0, 0.1) is 11.3 Å². The first-order valence-electron chi connectivity index (χ1n) is 6.87. The molecule has 0 unspecified atom stereocenters. The molecule has 0 aliphatic heterocycles. The number of nitrogens with zero attached hydrogens (tertiary/aromatic N) is 4. The van der Waals surface area contributed by atoms with E-state index >= 15 is 0 Å². The molecule has 116 valence electrons. The molecule has 0 saturated heterocycles. The summed E-state index contributed by atoms with van der Waals surface area (Å²) >= 11 is 1.64. The van der Waals surface area contributed by atoms with Gasteiger partial charge in [0.1, 0.15) is 11.9 Å². The van der Waals surface area contributed by atoms with E-state index < -0.39 is 11.2 Å². The Labute approximate surface area is 131 Å². The number of anilines is 1. The van der Waals surface area contributed by atoms with E-state index in [1.807, 2.05) is 12.3 Å². The van der Waals surface area contributed by atoms with Gasteiger partial charge in [-0.1, -0.05) is 6.92 Å². The van der Waals surface area contributed by atoms with Gasteiger partial charge in [-0.25, -0.2) is 9.78 Å². The summed E-state index contributed by atoms with van der Waals surface area (Å²) in [5.74, 6) is 0.253. The lowest BCUT2D eigenvalue weighted by Gasteiger charge is -2.13. The average molecular weight is 319 g/mol. The van der Waals surface area contributed by atoms with E-state index in [0.29, 0.717) is 13.0 Å². The van der Waals surface area contributed by atoms with Crippen molar-refractivity contribution >= 4 is 17.2 Å². The Hall–Kier alpha value is -2.40. The summed E-state index contributed by atoms with van der Waals surface area (Å²) in [6.07, 6.45) is 3.47. The highest BCUT2D eigenvalue weighted by Gasteiger charge is 2.15. The molecule has 8 heteroatoms. The topological polar surface area (TPSA) is 92.7 Å². The molecule has 2 rings (SSSR count). The summed E-state index contributed by atoms with van der Waals surface area (Å²) in [4.78, 5) is 29.4. The minimum absolute atomic E-state index is 0.0574. The maximum atomic E-state index is 11.9. The van der Waals surface area contributed by atoms with Gasteiger partial charge in [0.25, 0.3) is 5.56 Å². The van der Waals surface area contributed by atoms with Crippen LogP contribution in [-0.2, 0) is 26.9 Å². The highest BCUT2D eigenvalue weighted by Crippen LogP contribution is 2.14. The number of nitrogens with one attached hydrogen (secondary N) is 1. The summed E-state index contributed by atoms with van der Waals surface area (Å²) < 4.78 is 2.21. The summed E-state index contributed by atoms with van der Waals surface area (Å²) in [5, 5.41) is 13.2. The molecular weight excluding hydrogens is 302 g/mol. The Morgan fingerprint density at radius 1 is 1.36 bits per heavy atom. The van der Waals surface area contributed by atoms with E-state index in [1.165, 1.54) is 23.5 Å². The molecule has 0 atom stereocenters. The second kappa shape index (κ2) is 6.58. The fourth-order valence-corrected chi connectivity index (χ4v) is 2.93. The van der Waals surface area contributed by atoms with Gasteiger partial charge >= 0.3 is 5.69 Å². The van der Waals surface area contributed by atoms with Crippen LogP contribution < -0.4 is 16.6 Å². The molecule has 2 aromatic rings. The van der Waals surface area contributed by atoms with Crippen molar-refractivity contribution in [2.45, 2.75) is 19.8 Å². The molecule has 0 radical (unpaired) electrons. The zero-order valence-corrected chi connectivity index (χ0v) is 13.5. The fourth-order valence-electron chi connectivity index (χ4n) is 2.07. The number of rotatable bonds is 5. The third-order valence-electron chi connectivity index (χ3n) is 3.36. The minimum atomic E-state index is -0.587. The van der Waals surface area contributed by atoms with Gasteiger partial charge in [0.15, 0.2) is 5.56 Å². The second-order valence-corrected chi connectivity index (χ2v) is 5.99. The van der Waals surface area contributed by atoms with Crippen LogP contribution in [0.3, 0.4) is 0 Å². The highest BCUT2D eigenvalue weighted by molar-refractivity contribution is 7.11. The van der Waals surface area contributed by atoms with Crippen LogP contribution in [0.25, 0.3) is 0 Å². The Kier molecular flexibility index (Phi) is 4.78. The quantitative estimate of drug-likeness (QED) is 0.872. The van der Waals surface area contributed by atoms with Gasteiger partial charge in [0.05, 0.1) is 5.01 Å². The van der Waals surface area contributed by atoms with Crippen molar-refractivity contribution in [1.29, 1.82) is 5.26 Å². The molecule has 0 aromatic carbocycles. The monoisotopic (exact) mass is 319 g/mol. The van der Waals surface area contributed by atoms with Crippen molar-refractivity contribution in [3.63, 3.8) is 0 Å². The number of hydrogen-bond acceptors (Lipinski definition) is 6. The van der Waals surface area contributed by atoms with Crippen LogP contribution in [0.5, 0.6) is 0 Å². The molecule has 0 saturated carbocycles. The van der Waals surface area contributed by atoms with E-state index in [-0.39, 0.29) is 11.4 Å². The van der Waals surface area contributed by atoms with Crippen molar-refractivity contribution in [2.75, 3.05) is 11.9 Å². The molecule has 0 aliphatic rings. The van der Waals surface area contributed by atoms with E-state index in [9.17, 15) is 9.59 Å². The largest absolute Gasteiger partial charge is 0.370 e. The summed E-state index contributed by atoms with van der Waals surface area (Å²) in [6.45, 7) is 2.57. The molecule has 1 N–H and O–H groups in total. The first-order valence-corrected chi connectivity index (χ1v) is 7.68. The van der Waals surface area contributed by atoms with Crippen LogP contribution in [0.2, 0.25) is 0 Å². The molecule has 0 spiro atoms.